The molecule has 5 aromatic carbocycles. The summed E-state index contributed by atoms with van der Waals surface area (Å²) in [5.41, 5.74) is 9.61. The normalized spacial score (nSPS) is 21.5. The molecule has 2 aromatic heterocycles. The zero-order valence-corrected chi connectivity index (χ0v) is 26.9. The zero-order chi connectivity index (χ0) is 32.4. The molecule has 3 aliphatic rings. The van der Waals surface area contributed by atoms with Crippen molar-refractivity contribution in [3.8, 4) is 68.1 Å². The van der Waals surface area contributed by atoms with Crippen LogP contribution in [0.2, 0.25) is 0 Å². The summed E-state index contributed by atoms with van der Waals surface area (Å²) in [6.07, 6.45) is 4.15. The lowest BCUT2D eigenvalue weighted by atomic mass is 9.28. The van der Waals surface area contributed by atoms with Crippen LogP contribution in [0.5, 0.6) is 0 Å². The predicted octanol–water partition coefficient (Wildman–Crippen LogP) is 9.96. The van der Waals surface area contributed by atoms with E-state index in [1.807, 2.05) is 78.9 Å². The summed E-state index contributed by atoms with van der Waals surface area (Å²) in [6, 6.07) is 50.1. The highest BCUT2D eigenvalue weighted by Gasteiger charge is 2.71. The topological polar surface area (TPSA) is 64.5 Å². The fraction of sp³-hybridized carbons (Fsp3) is 0.159. The molecular weight excluding hydrogens is 599 g/mol. The van der Waals surface area contributed by atoms with E-state index in [9.17, 15) is 0 Å². The monoisotopic (exact) mass is 631 g/mol. The first-order chi connectivity index (χ1) is 24.2. The van der Waals surface area contributed by atoms with Gasteiger partial charge in [-0.25, -0.2) is 24.9 Å². The van der Waals surface area contributed by atoms with Gasteiger partial charge < -0.3 is 0 Å². The largest absolute Gasteiger partial charge is 0.228 e. The molecule has 3 fully saturated rings. The Labute approximate surface area is 285 Å². The van der Waals surface area contributed by atoms with E-state index in [0.29, 0.717) is 28.7 Å². The van der Waals surface area contributed by atoms with Crippen molar-refractivity contribution in [3.05, 3.63) is 151 Å². The molecule has 3 aliphatic carbocycles. The van der Waals surface area contributed by atoms with Gasteiger partial charge in [-0.2, -0.15) is 0 Å². The van der Waals surface area contributed by atoms with Crippen LogP contribution >= 0.6 is 0 Å². The van der Waals surface area contributed by atoms with E-state index in [1.165, 1.54) is 24.8 Å². The maximum Gasteiger partial charge on any atom is 0.164 e. The van der Waals surface area contributed by atoms with E-state index in [0.717, 1.165) is 62.5 Å². The van der Waals surface area contributed by atoms with Crippen LogP contribution in [0.15, 0.2) is 146 Å². The number of hydrogen-bond donors (Lipinski definition) is 0. The lowest BCUT2D eigenvalue weighted by Gasteiger charge is -2.76. The van der Waals surface area contributed by atoms with Gasteiger partial charge in [-0.05, 0) is 66.2 Å². The molecule has 0 radical (unpaired) electrons. The minimum absolute atomic E-state index is 0.401. The quantitative estimate of drug-likeness (QED) is 0.175. The summed E-state index contributed by atoms with van der Waals surface area (Å²) in [5.74, 6) is 5.38. The highest BCUT2D eigenvalue weighted by Crippen LogP contribution is 2.77. The Kier molecular flexibility index (Phi) is 6.41. The molecule has 0 aliphatic heterocycles. The molecule has 0 bridgehead atoms. The van der Waals surface area contributed by atoms with Crippen LogP contribution in [0.3, 0.4) is 0 Å². The Morgan fingerprint density at radius 2 is 0.837 bits per heavy atom. The minimum atomic E-state index is 0.401. The molecule has 2 heterocycles. The molecular formula is C44H33N5. The third kappa shape index (κ3) is 4.72. The van der Waals surface area contributed by atoms with E-state index in [2.05, 4.69) is 66.7 Å². The molecule has 234 valence electrons. The zero-order valence-electron chi connectivity index (χ0n) is 26.9. The van der Waals surface area contributed by atoms with Gasteiger partial charge in [-0.1, -0.05) is 127 Å². The van der Waals surface area contributed by atoms with Crippen molar-refractivity contribution in [1.82, 2.24) is 24.9 Å². The molecule has 2 atom stereocenters. The fourth-order valence-electron chi connectivity index (χ4n) is 8.80. The van der Waals surface area contributed by atoms with Crippen molar-refractivity contribution in [2.75, 3.05) is 0 Å². The Morgan fingerprint density at radius 3 is 1.39 bits per heavy atom. The first kappa shape index (κ1) is 28.2. The number of benzene rings is 5. The van der Waals surface area contributed by atoms with Gasteiger partial charge in [0.1, 0.15) is 0 Å². The van der Waals surface area contributed by atoms with Gasteiger partial charge >= 0.3 is 0 Å². The third-order valence-electron chi connectivity index (χ3n) is 11.1. The fourth-order valence-corrected chi connectivity index (χ4v) is 8.80. The van der Waals surface area contributed by atoms with Gasteiger partial charge in [0, 0.05) is 33.4 Å². The summed E-state index contributed by atoms with van der Waals surface area (Å²) in [6.45, 7) is 0. The molecule has 0 N–H and O–H groups in total. The van der Waals surface area contributed by atoms with Gasteiger partial charge in [-0.3, -0.25) is 0 Å². The predicted molar refractivity (Wildman–Crippen MR) is 194 cm³/mol. The molecule has 0 spiro atoms. The molecule has 5 nitrogen and oxygen atoms in total. The second kappa shape index (κ2) is 11.1. The molecule has 7 aromatic rings. The summed E-state index contributed by atoms with van der Waals surface area (Å²) in [5, 5.41) is 0. The number of nitrogens with zero attached hydrogens (tertiary/aromatic N) is 5. The maximum atomic E-state index is 5.23. The number of rotatable bonds is 7. The maximum absolute atomic E-state index is 5.23. The van der Waals surface area contributed by atoms with Crippen molar-refractivity contribution < 1.29 is 0 Å². The summed E-state index contributed by atoms with van der Waals surface area (Å²) < 4.78 is 0. The first-order valence-corrected chi connectivity index (χ1v) is 17.2. The SMILES string of the molecule is c1ccc(-c2cc(-c3cccc(C45CC6CC(C4)C65)c3)nc(-c3cccc(-c4nc(-c5ccccc5)nc(-c5ccccc5)n4)c3)n2)cc1. The molecule has 49 heavy (non-hydrogen) atoms. The third-order valence-corrected chi connectivity index (χ3v) is 11.1. The number of aromatic nitrogens is 5. The Hall–Kier alpha value is -5.81. The van der Waals surface area contributed by atoms with Crippen molar-refractivity contribution >= 4 is 0 Å². The van der Waals surface area contributed by atoms with Crippen molar-refractivity contribution in [1.29, 1.82) is 0 Å². The van der Waals surface area contributed by atoms with Crippen LogP contribution < -0.4 is 0 Å². The second-order valence-electron chi connectivity index (χ2n) is 13.9. The second-order valence-corrected chi connectivity index (χ2v) is 13.9. The molecule has 2 unspecified atom stereocenters. The van der Waals surface area contributed by atoms with Gasteiger partial charge in [0.2, 0.25) is 0 Å². The summed E-state index contributed by atoms with van der Waals surface area (Å²) in [7, 11) is 0. The van der Waals surface area contributed by atoms with E-state index in [4.69, 9.17) is 24.9 Å². The average Bonchev–Trinajstić information content (AvgIpc) is 3.18. The first-order valence-electron chi connectivity index (χ1n) is 17.2. The Balaban J connectivity index is 1.08. The van der Waals surface area contributed by atoms with E-state index in [-0.39, 0.29) is 0 Å². The summed E-state index contributed by atoms with van der Waals surface area (Å²) in [4.78, 5) is 25.2. The summed E-state index contributed by atoms with van der Waals surface area (Å²) >= 11 is 0. The molecule has 5 heteroatoms. The highest BCUT2D eigenvalue weighted by atomic mass is 15.0. The Morgan fingerprint density at radius 1 is 0.388 bits per heavy atom. The lowest BCUT2D eigenvalue weighted by molar-refractivity contribution is -0.219. The smallest absolute Gasteiger partial charge is 0.164 e. The lowest BCUT2D eigenvalue weighted by Crippen LogP contribution is -2.71. The van der Waals surface area contributed by atoms with E-state index < -0.39 is 0 Å². The molecule has 0 amide bonds. The van der Waals surface area contributed by atoms with Gasteiger partial charge in [0.25, 0.3) is 0 Å². The van der Waals surface area contributed by atoms with E-state index in [1.54, 1.807) is 0 Å². The number of hydrogen-bond acceptors (Lipinski definition) is 5. The van der Waals surface area contributed by atoms with Crippen LogP contribution in [0.1, 0.15) is 24.8 Å². The molecule has 3 saturated carbocycles. The molecule has 0 saturated heterocycles. The minimum Gasteiger partial charge on any atom is -0.228 e. The van der Waals surface area contributed by atoms with E-state index >= 15 is 0 Å². The molecule has 10 rings (SSSR count). The standard InChI is InChI=1S/C44H33N5/c1-4-12-28(13-5-1)37-25-38(31-18-11-21-36(24-31)44-26-34-23-35(27-44)39(34)44)46-42(45-37)32-19-10-20-33(22-32)43-48-40(29-14-6-2-7-15-29)47-41(49-43)30-16-8-3-9-17-30/h1-22,24-25,34-35,39H,23,26-27H2. The van der Waals surface area contributed by atoms with Crippen LogP contribution in [-0.2, 0) is 5.41 Å². The van der Waals surface area contributed by atoms with Gasteiger partial charge in [0.05, 0.1) is 11.4 Å². The van der Waals surface area contributed by atoms with Crippen molar-refractivity contribution in [2.24, 2.45) is 17.8 Å². The Bertz CT molecular complexity index is 2270. The van der Waals surface area contributed by atoms with Crippen molar-refractivity contribution in [2.45, 2.75) is 24.7 Å². The van der Waals surface area contributed by atoms with Crippen LogP contribution in [0.25, 0.3) is 68.1 Å². The van der Waals surface area contributed by atoms with Gasteiger partial charge in [0.15, 0.2) is 23.3 Å². The van der Waals surface area contributed by atoms with Crippen molar-refractivity contribution in [3.63, 3.8) is 0 Å². The highest BCUT2D eigenvalue weighted by molar-refractivity contribution is 5.75. The van der Waals surface area contributed by atoms with Crippen LogP contribution in [0.4, 0.5) is 0 Å². The van der Waals surface area contributed by atoms with Crippen LogP contribution in [0, 0.1) is 17.8 Å². The average molecular weight is 632 g/mol. The van der Waals surface area contributed by atoms with Gasteiger partial charge in [-0.15, -0.1) is 0 Å². The van der Waals surface area contributed by atoms with Crippen LogP contribution in [-0.4, -0.2) is 24.9 Å².